The number of hydrogen-bond acceptors (Lipinski definition) is 5. The molecule has 0 amide bonds. The Kier molecular flexibility index (Phi) is 6.71. The third kappa shape index (κ3) is 4.96. The van der Waals surface area contributed by atoms with Crippen LogP contribution >= 0.6 is 0 Å². The number of hydrogen-bond donors (Lipinski definition) is 3. The van der Waals surface area contributed by atoms with E-state index in [0.717, 1.165) is 36.0 Å². The molecule has 0 spiro atoms. The van der Waals surface area contributed by atoms with Crippen molar-refractivity contribution in [3.05, 3.63) is 11.4 Å². The van der Waals surface area contributed by atoms with Crippen LogP contribution in [0.2, 0.25) is 0 Å². The van der Waals surface area contributed by atoms with Crippen molar-refractivity contribution < 1.29 is 0 Å². The minimum absolute atomic E-state index is 0.401. The van der Waals surface area contributed by atoms with Crippen molar-refractivity contribution >= 4 is 11.6 Å². The van der Waals surface area contributed by atoms with E-state index < -0.39 is 0 Å². The summed E-state index contributed by atoms with van der Waals surface area (Å²) in [7, 11) is 0. The average Bonchev–Trinajstić information content (AvgIpc) is 2.40. The van der Waals surface area contributed by atoms with Gasteiger partial charge in [0.1, 0.15) is 17.5 Å². The molecule has 5 heteroatoms. The Bertz CT molecular complexity index is 417. The molecule has 0 aromatic carbocycles. The summed E-state index contributed by atoms with van der Waals surface area (Å²) < 4.78 is 0. The van der Waals surface area contributed by atoms with Crippen LogP contribution in [0.1, 0.15) is 58.3 Å². The Morgan fingerprint density at radius 1 is 1.10 bits per heavy atom. The van der Waals surface area contributed by atoms with Gasteiger partial charge in [-0.15, -0.1) is 0 Å². The maximum atomic E-state index is 5.52. The second kappa shape index (κ2) is 8.04. The van der Waals surface area contributed by atoms with E-state index in [4.69, 9.17) is 5.84 Å². The fourth-order valence-electron chi connectivity index (χ4n) is 2.14. The molecule has 0 aliphatic heterocycles. The lowest BCUT2D eigenvalue weighted by atomic mass is 10.0. The van der Waals surface area contributed by atoms with Crippen LogP contribution in [0.4, 0.5) is 11.6 Å². The summed E-state index contributed by atoms with van der Waals surface area (Å²) in [5, 5.41) is 3.49. The van der Waals surface area contributed by atoms with Crippen molar-refractivity contribution in [1.82, 2.24) is 9.97 Å². The van der Waals surface area contributed by atoms with Crippen LogP contribution in [0.3, 0.4) is 0 Å². The smallest absolute Gasteiger partial charge is 0.148 e. The van der Waals surface area contributed by atoms with Crippen molar-refractivity contribution in [2.75, 3.05) is 10.7 Å². The van der Waals surface area contributed by atoms with E-state index in [9.17, 15) is 0 Å². The Morgan fingerprint density at radius 2 is 1.75 bits per heavy atom. The number of aromatic nitrogens is 2. The molecule has 1 atom stereocenters. The SMILES string of the molecule is CCc1nc(NN)c(C)c(NC(C)CCCC(C)C)n1. The molecule has 1 heterocycles. The zero-order valence-electron chi connectivity index (χ0n) is 13.5. The zero-order valence-corrected chi connectivity index (χ0v) is 13.5. The summed E-state index contributed by atoms with van der Waals surface area (Å²) >= 11 is 0. The van der Waals surface area contributed by atoms with Crippen LogP contribution in [-0.2, 0) is 6.42 Å². The monoisotopic (exact) mass is 279 g/mol. The number of aryl methyl sites for hydroxylation is 1. The van der Waals surface area contributed by atoms with E-state index in [1.54, 1.807) is 0 Å². The lowest BCUT2D eigenvalue weighted by molar-refractivity contribution is 0.520. The predicted molar refractivity (Wildman–Crippen MR) is 85.7 cm³/mol. The van der Waals surface area contributed by atoms with E-state index in [0.29, 0.717) is 11.9 Å². The Labute approximate surface area is 122 Å². The van der Waals surface area contributed by atoms with Crippen molar-refractivity contribution in [3.8, 4) is 0 Å². The first-order valence-corrected chi connectivity index (χ1v) is 7.58. The molecule has 0 saturated heterocycles. The lowest BCUT2D eigenvalue weighted by Crippen LogP contribution is -2.20. The van der Waals surface area contributed by atoms with Crippen LogP contribution in [-0.4, -0.2) is 16.0 Å². The first-order chi connectivity index (χ1) is 9.47. The minimum atomic E-state index is 0.401. The molecule has 1 unspecified atom stereocenters. The van der Waals surface area contributed by atoms with Crippen molar-refractivity contribution in [2.45, 2.75) is 66.3 Å². The quantitative estimate of drug-likeness (QED) is 0.503. The van der Waals surface area contributed by atoms with Gasteiger partial charge in [-0.05, 0) is 26.2 Å². The van der Waals surface area contributed by atoms with Crippen LogP contribution < -0.4 is 16.6 Å². The summed E-state index contributed by atoms with van der Waals surface area (Å²) in [6.45, 7) is 10.8. The van der Waals surface area contributed by atoms with Gasteiger partial charge in [-0.25, -0.2) is 15.8 Å². The topological polar surface area (TPSA) is 75.9 Å². The Morgan fingerprint density at radius 3 is 2.30 bits per heavy atom. The molecule has 4 N–H and O–H groups in total. The van der Waals surface area contributed by atoms with Gasteiger partial charge < -0.3 is 10.7 Å². The van der Waals surface area contributed by atoms with Gasteiger partial charge in [-0.3, -0.25) is 0 Å². The van der Waals surface area contributed by atoms with Gasteiger partial charge in [0.2, 0.25) is 0 Å². The number of hydrazine groups is 1. The number of nitrogens with two attached hydrogens (primary N) is 1. The van der Waals surface area contributed by atoms with Gasteiger partial charge in [0.05, 0.1) is 0 Å². The Hall–Kier alpha value is -1.36. The molecule has 0 fully saturated rings. The first-order valence-electron chi connectivity index (χ1n) is 7.58. The molecular weight excluding hydrogens is 250 g/mol. The molecule has 0 radical (unpaired) electrons. The fraction of sp³-hybridized carbons (Fsp3) is 0.733. The highest BCUT2D eigenvalue weighted by atomic mass is 15.3. The zero-order chi connectivity index (χ0) is 15.1. The largest absolute Gasteiger partial charge is 0.367 e. The number of nitrogen functional groups attached to an aromatic ring is 1. The highest BCUT2D eigenvalue weighted by molar-refractivity contribution is 5.57. The van der Waals surface area contributed by atoms with Gasteiger partial charge in [-0.2, -0.15) is 0 Å². The van der Waals surface area contributed by atoms with E-state index in [1.165, 1.54) is 12.8 Å². The summed E-state index contributed by atoms with van der Waals surface area (Å²) in [4.78, 5) is 8.94. The highest BCUT2D eigenvalue weighted by Crippen LogP contribution is 2.21. The molecule has 1 aromatic rings. The summed E-state index contributed by atoms with van der Waals surface area (Å²) in [6.07, 6.45) is 4.45. The van der Waals surface area contributed by atoms with E-state index >= 15 is 0 Å². The molecule has 0 bridgehead atoms. The molecule has 20 heavy (non-hydrogen) atoms. The maximum Gasteiger partial charge on any atom is 0.148 e. The van der Waals surface area contributed by atoms with Gasteiger partial charge in [-0.1, -0.05) is 33.6 Å². The molecule has 0 aliphatic carbocycles. The normalized spacial score (nSPS) is 12.6. The van der Waals surface area contributed by atoms with Crippen molar-refractivity contribution in [3.63, 3.8) is 0 Å². The molecule has 0 aliphatic rings. The van der Waals surface area contributed by atoms with Gasteiger partial charge in [0.15, 0.2) is 0 Å². The molecule has 0 saturated carbocycles. The molecular formula is C15H29N5. The van der Waals surface area contributed by atoms with Crippen molar-refractivity contribution in [1.29, 1.82) is 0 Å². The van der Waals surface area contributed by atoms with Crippen LogP contribution in [0.25, 0.3) is 0 Å². The van der Waals surface area contributed by atoms with Crippen LogP contribution in [0, 0.1) is 12.8 Å². The first kappa shape index (κ1) is 16.7. The van der Waals surface area contributed by atoms with Gasteiger partial charge >= 0.3 is 0 Å². The van der Waals surface area contributed by atoms with Crippen molar-refractivity contribution in [2.24, 2.45) is 11.8 Å². The number of nitrogens with one attached hydrogen (secondary N) is 2. The number of rotatable bonds is 8. The molecule has 1 rings (SSSR count). The third-order valence-electron chi connectivity index (χ3n) is 3.45. The van der Waals surface area contributed by atoms with Crippen LogP contribution in [0.15, 0.2) is 0 Å². The fourth-order valence-corrected chi connectivity index (χ4v) is 2.14. The van der Waals surface area contributed by atoms with Gasteiger partial charge in [0, 0.05) is 18.0 Å². The number of anilines is 2. The lowest BCUT2D eigenvalue weighted by Gasteiger charge is -2.18. The minimum Gasteiger partial charge on any atom is -0.367 e. The summed E-state index contributed by atoms with van der Waals surface area (Å²) in [5.74, 6) is 8.68. The van der Waals surface area contributed by atoms with E-state index in [-0.39, 0.29) is 0 Å². The standard InChI is InChI=1S/C15H29N5/c1-6-13-18-14(12(5)15(19-13)20-16)17-11(4)9-7-8-10(2)3/h10-11H,6-9,16H2,1-5H3,(H2,17,18,19,20). The summed E-state index contributed by atoms with van der Waals surface area (Å²) in [6, 6.07) is 0.401. The summed E-state index contributed by atoms with van der Waals surface area (Å²) in [5.41, 5.74) is 3.62. The predicted octanol–water partition coefficient (Wildman–Crippen LogP) is 3.26. The molecule has 5 nitrogen and oxygen atoms in total. The van der Waals surface area contributed by atoms with E-state index in [1.807, 2.05) is 13.8 Å². The van der Waals surface area contributed by atoms with E-state index in [2.05, 4.69) is 41.5 Å². The Balaban J connectivity index is 2.70. The average molecular weight is 279 g/mol. The van der Waals surface area contributed by atoms with Gasteiger partial charge in [0.25, 0.3) is 0 Å². The second-order valence-electron chi connectivity index (χ2n) is 5.83. The highest BCUT2D eigenvalue weighted by Gasteiger charge is 2.11. The number of nitrogens with zero attached hydrogens (tertiary/aromatic N) is 2. The second-order valence-corrected chi connectivity index (χ2v) is 5.83. The maximum absolute atomic E-state index is 5.52. The third-order valence-corrected chi connectivity index (χ3v) is 3.45. The van der Waals surface area contributed by atoms with Crippen LogP contribution in [0.5, 0.6) is 0 Å². The molecule has 114 valence electrons. The molecule has 1 aromatic heterocycles.